The van der Waals surface area contributed by atoms with Gasteiger partial charge in [0, 0.05) is 13.5 Å². The van der Waals surface area contributed by atoms with E-state index in [-0.39, 0.29) is 23.1 Å². The molecular weight excluding hydrogens is 458 g/mol. The number of carbonyl (C=O) groups is 2. The number of esters is 1. The number of nitrogens with one attached hydrogen (secondary N) is 2. The summed E-state index contributed by atoms with van der Waals surface area (Å²) in [5, 5.41) is 5.80. The molecule has 0 radical (unpaired) electrons. The second-order valence-electron chi connectivity index (χ2n) is 8.14. The molecule has 3 aromatic rings. The number of hydrogen-bond acceptors (Lipinski definition) is 9. The summed E-state index contributed by atoms with van der Waals surface area (Å²) in [7, 11) is 1.27. The van der Waals surface area contributed by atoms with Crippen molar-refractivity contribution >= 4 is 39.6 Å². The molecule has 3 heterocycles. The van der Waals surface area contributed by atoms with Crippen LogP contribution in [0.2, 0.25) is 0 Å². The minimum absolute atomic E-state index is 0.0910. The number of hydrogen-bond donors (Lipinski definition) is 2. The minimum atomic E-state index is -0.633. The number of carbonyl (C=O) groups excluding carboxylic acids is 2. The van der Waals surface area contributed by atoms with E-state index in [2.05, 4.69) is 24.9 Å². The first-order valence-corrected chi connectivity index (χ1v) is 12.1. The van der Waals surface area contributed by atoms with Crippen LogP contribution in [-0.2, 0) is 11.3 Å². The van der Waals surface area contributed by atoms with Gasteiger partial charge in [0.25, 0.3) is 0 Å². The van der Waals surface area contributed by atoms with Gasteiger partial charge in [-0.25, -0.2) is 14.6 Å². The van der Waals surface area contributed by atoms with Crippen LogP contribution in [0.5, 0.6) is 5.88 Å². The number of amides is 2. The molecule has 1 saturated heterocycles. The van der Waals surface area contributed by atoms with Crippen LogP contribution in [0.3, 0.4) is 0 Å². The number of ether oxygens (including phenoxy) is 2. The Bertz CT molecular complexity index is 1140. The number of likely N-dealkylation sites (tertiary alicyclic amines) is 1. The lowest BCUT2D eigenvalue weighted by molar-refractivity contribution is 0.0596. The van der Waals surface area contributed by atoms with Gasteiger partial charge in [0.2, 0.25) is 5.88 Å². The maximum Gasteiger partial charge on any atom is 0.346 e. The molecule has 10 nitrogen and oxygen atoms in total. The van der Waals surface area contributed by atoms with E-state index in [1.807, 2.05) is 18.2 Å². The number of fused-ring (bicyclic) bond motifs is 1. The van der Waals surface area contributed by atoms with Gasteiger partial charge in [-0.3, -0.25) is 5.32 Å². The predicted molar refractivity (Wildman–Crippen MR) is 128 cm³/mol. The summed E-state index contributed by atoms with van der Waals surface area (Å²) in [6, 6.07) is 5.14. The number of unbranched alkanes of at least 4 members (excludes halogenated alkanes) is 1. The van der Waals surface area contributed by atoms with Crippen LogP contribution < -0.4 is 15.4 Å². The highest BCUT2D eigenvalue weighted by Gasteiger charge is 2.25. The van der Waals surface area contributed by atoms with E-state index >= 15 is 0 Å². The fraction of sp³-hybridized carbons (Fsp3) is 0.478. The lowest BCUT2D eigenvalue weighted by Crippen LogP contribution is -2.30. The number of aryl methyl sites for hydroxylation is 1. The highest BCUT2D eigenvalue weighted by molar-refractivity contribution is 7.11. The first-order chi connectivity index (χ1) is 16.5. The fourth-order valence-corrected chi connectivity index (χ4v) is 4.60. The first kappa shape index (κ1) is 24.0. The third-order valence-corrected chi connectivity index (χ3v) is 6.34. The van der Waals surface area contributed by atoms with Crippen molar-refractivity contribution in [1.29, 1.82) is 0 Å². The molecule has 2 amide bonds. The number of anilines is 1. The fourth-order valence-electron chi connectivity index (χ4n) is 3.88. The Balaban J connectivity index is 1.31. The van der Waals surface area contributed by atoms with Crippen LogP contribution in [0, 0.1) is 6.92 Å². The maximum atomic E-state index is 12.4. The molecule has 182 valence electrons. The van der Waals surface area contributed by atoms with Crippen molar-refractivity contribution in [1.82, 2.24) is 19.6 Å². The lowest BCUT2D eigenvalue weighted by atomic mass is 10.2. The van der Waals surface area contributed by atoms with Gasteiger partial charge in [-0.2, -0.15) is 4.37 Å². The molecule has 2 N–H and O–H groups in total. The lowest BCUT2D eigenvalue weighted by Gasteiger charge is -2.14. The molecular formula is C23H29N5O5S. The average molecular weight is 488 g/mol. The minimum Gasteiger partial charge on any atom is -0.472 e. The van der Waals surface area contributed by atoms with Crippen LogP contribution in [-0.4, -0.2) is 59.5 Å². The summed E-state index contributed by atoms with van der Waals surface area (Å²) in [5.74, 6) is 0.0544. The largest absolute Gasteiger partial charge is 0.472 e. The zero-order valence-corrected chi connectivity index (χ0v) is 20.2. The third-order valence-electron chi connectivity index (χ3n) is 5.60. The van der Waals surface area contributed by atoms with E-state index in [0.29, 0.717) is 18.0 Å². The van der Waals surface area contributed by atoms with Gasteiger partial charge in [-0.1, -0.05) is 6.07 Å². The molecule has 0 spiro atoms. The van der Waals surface area contributed by atoms with E-state index in [1.54, 1.807) is 6.92 Å². The van der Waals surface area contributed by atoms with Crippen LogP contribution in [0.1, 0.15) is 47.5 Å². The molecule has 0 aliphatic carbocycles. The monoisotopic (exact) mass is 487 g/mol. The SMILES string of the molecule is COC(=O)c1c(OCc2ccc3nc(C)oc3c2)nsc1NC(=O)NCCCCN1CCCC1. The molecule has 34 heavy (non-hydrogen) atoms. The molecule has 1 aliphatic rings. The van der Waals surface area contributed by atoms with E-state index in [1.165, 1.54) is 33.0 Å². The molecule has 4 rings (SSSR count). The molecule has 0 bridgehead atoms. The first-order valence-electron chi connectivity index (χ1n) is 11.4. The van der Waals surface area contributed by atoms with Crippen LogP contribution >= 0.6 is 11.5 Å². The number of rotatable bonds is 10. The zero-order chi connectivity index (χ0) is 23.9. The second-order valence-corrected chi connectivity index (χ2v) is 8.92. The molecule has 1 aromatic carbocycles. The summed E-state index contributed by atoms with van der Waals surface area (Å²) >= 11 is 0.967. The van der Waals surface area contributed by atoms with Crippen molar-refractivity contribution in [3.8, 4) is 5.88 Å². The number of aromatic nitrogens is 2. The summed E-state index contributed by atoms with van der Waals surface area (Å²) in [6.45, 7) is 5.91. The van der Waals surface area contributed by atoms with E-state index in [4.69, 9.17) is 13.9 Å². The van der Waals surface area contributed by atoms with Gasteiger partial charge in [-0.15, -0.1) is 0 Å². The Kier molecular flexibility index (Phi) is 7.96. The Morgan fingerprint density at radius 2 is 2.06 bits per heavy atom. The van der Waals surface area contributed by atoms with Crippen molar-refractivity contribution in [2.75, 3.05) is 38.6 Å². The molecule has 0 atom stereocenters. The van der Waals surface area contributed by atoms with Gasteiger partial charge in [-0.05, 0) is 74.5 Å². The Labute approximate surface area is 201 Å². The molecule has 0 unspecified atom stereocenters. The normalized spacial score (nSPS) is 13.8. The quantitative estimate of drug-likeness (QED) is 0.326. The smallest absolute Gasteiger partial charge is 0.346 e. The predicted octanol–water partition coefficient (Wildman–Crippen LogP) is 3.96. The molecule has 11 heteroatoms. The summed E-state index contributed by atoms with van der Waals surface area (Å²) in [5.41, 5.74) is 2.34. The van der Waals surface area contributed by atoms with Crippen LogP contribution in [0.15, 0.2) is 22.6 Å². The molecule has 1 aliphatic heterocycles. The Hall–Kier alpha value is -3.18. The van der Waals surface area contributed by atoms with Crippen LogP contribution in [0.25, 0.3) is 11.1 Å². The van der Waals surface area contributed by atoms with E-state index in [9.17, 15) is 9.59 Å². The average Bonchev–Trinajstić information content (AvgIpc) is 3.56. The number of oxazole rings is 1. The second kappa shape index (κ2) is 11.3. The summed E-state index contributed by atoms with van der Waals surface area (Å²) in [6.07, 6.45) is 4.48. The topological polar surface area (TPSA) is 119 Å². The van der Waals surface area contributed by atoms with Gasteiger partial charge in [0.05, 0.1) is 7.11 Å². The number of nitrogens with zero attached hydrogens (tertiary/aromatic N) is 3. The van der Waals surface area contributed by atoms with Crippen molar-refractivity contribution in [3.63, 3.8) is 0 Å². The van der Waals surface area contributed by atoms with Crippen molar-refractivity contribution in [2.45, 2.75) is 39.2 Å². The zero-order valence-electron chi connectivity index (χ0n) is 19.4. The third kappa shape index (κ3) is 6.03. The molecule has 2 aromatic heterocycles. The molecule has 0 saturated carbocycles. The maximum absolute atomic E-state index is 12.4. The van der Waals surface area contributed by atoms with Gasteiger partial charge in [0.15, 0.2) is 17.0 Å². The standard InChI is InChI=1S/C23H29N5O5S/c1-15-25-17-8-7-16(13-18(17)33-15)14-32-20-19(22(29)31-2)21(34-27-20)26-23(30)24-9-3-4-10-28-11-5-6-12-28/h7-8,13H,3-6,9-12,14H2,1-2H3,(H2,24,26,30). The number of methoxy groups -OCH3 is 1. The van der Waals surface area contributed by atoms with Crippen molar-refractivity contribution in [2.24, 2.45) is 0 Å². The summed E-state index contributed by atoms with van der Waals surface area (Å²) < 4.78 is 20.4. The molecule has 1 fully saturated rings. The highest BCUT2D eigenvalue weighted by atomic mass is 32.1. The highest BCUT2D eigenvalue weighted by Crippen LogP contribution is 2.32. The number of urea groups is 1. The summed E-state index contributed by atoms with van der Waals surface area (Å²) in [4.78, 5) is 31.4. The van der Waals surface area contributed by atoms with Gasteiger partial charge < -0.3 is 24.1 Å². The number of benzene rings is 1. The van der Waals surface area contributed by atoms with E-state index < -0.39 is 12.0 Å². The van der Waals surface area contributed by atoms with Crippen molar-refractivity contribution in [3.05, 3.63) is 35.2 Å². The van der Waals surface area contributed by atoms with Gasteiger partial charge >= 0.3 is 12.0 Å². The van der Waals surface area contributed by atoms with Crippen molar-refractivity contribution < 1.29 is 23.5 Å². The Morgan fingerprint density at radius 3 is 2.85 bits per heavy atom. The van der Waals surface area contributed by atoms with E-state index in [0.717, 1.165) is 42.0 Å². The Morgan fingerprint density at radius 1 is 1.24 bits per heavy atom. The van der Waals surface area contributed by atoms with Crippen LogP contribution in [0.4, 0.5) is 9.80 Å². The van der Waals surface area contributed by atoms with Gasteiger partial charge in [0.1, 0.15) is 17.1 Å².